The Hall–Kier alpha value is -0.800. The fraction of sp³-hybridized carbons (Fsp3) is 0.667. The molecule has 0 spiro atoms. The van der Waals surface area contributed by atoms with Crippen LogP contribution < -0.4 is 5.32 Å². The predicted octanol–water partition coefficient (Wildman–Crippen LogP) is 2.57. The molecule has 15 heavy (non-hydrogen) atoms. The van der Waals surface area contributed by atoms with Crippen LogP contribution in [0.1, 0.15) is 32.4 Å². The number of hydrogen-bond acceptors (Lipinski definition) is 3. The van der Waals surface area contributed by atoms with E-state index in [2.05, 4.69) is 19.2 Å². The van der Waals surface area contributed by atoms with E-state index in [1.807, 2.05) is 12.1 Å². The van der Waals surface area contributed by atoms with Crippen LogP contribution in [0.4, 0.5) is 0 Å². The molecule has 0 unspecified atom stereocenters. The van der Waals surface area contributed by atoms with Crippen molar-refractivity contribution in [1.82, 2.24) is 5.32 Å². The molecule has 0 radical (unpaired) electrons. The molecule has 0 atom stereocenters. The van der Waals surface area contributed by atoms with Crippen molar-refractivity contribution in [3.05, 3.63) is 24.2 Å². The van der Waals surface area contributed by atoms with E-state index in [0.717, 1.165) is 38.3 Å². The topological polar surface area (TPSA) is 34.4 Å². The second kappa shape index (κ2) is 7.49. The highest BCUT2D eigenvalue weighted by molar-refractivity contribution is 4.97. The number of furan rings is 1. The van der Waals surface area contributed by atoms with Crippen LogP contribution in [0.3, 0.4) is 0 Å². The maximum Gasteiger partial charge on any atom is 0.117 e. The molecule has 0 fully saturated rings. The van der Waals surface area contributed by atoms with E-state index in [1.165, 1.54) is 0 Å². The van der Waals surface area contributed by atoms with E-state index >= 15 is 0 Å². The van der Waals surface area contributed by atoms with Crippen molar-refractivity contribution in [3.8, 4) is 0 Å². The minimum absolute atomic E-state index is 0.348. The van der Waals surface area contributed by atoms with Crippen molar-refractivity contribution in [3.63, 3.8) is 0 Å². The average molecular weight is 211 g/mol. The minimum Gasteiger partial charge on any atom is -0.468 e. The van der Waals surface area contributed by atoms with E-state index in [-0.39, 0.29) is 0 Å². The number of ether oxygens (including phenoxy) is 1. The van der Waals surface area contributed by atoms with Crippen LogP contribution in [0.2, 0.25) is 0 Å². The quantitative estimate of drug-likeness (QED) is 0.671. The van der Waals surface area contributed by atoms with E-state index in [0.29, 0.717) is 6.10 Å². The van der Waals surface area contributed by atoms with Gasteiger partial charge in [0.1, 0.15) is 5.76 Å². The van der Waals surface area contributed by atoms with Crippen LogP contribution in [0.15, 0.2) is 22.8 Å². The lowest BCUT2D eigenvalue weighted by molar-refractivity contribution is 0.0760. The number of rotatable bonds is 8. The third-order valence-corrected chi connectivity index (χ3v) is 2.08. The lowest BCUT2D eigenvalue weighted by atomic mass is 10.3. The summed E-state index contributed by atoms with van der Waals surface area (Å²) in [6.45, 7) is 6.82. The highest BCUT2D eigenvalue weighted by Crippen LogP contribution is 1.99. The molecule has 0 saturated carbocycles. The Labute approximate surface area is 91.8 Å². The second-order valence-corrected chi connectivity index (χ2v) is 3.88. The summed E-state index contributed by atoms with van der Waals surface area (Å²) in [5.41, 5.74) is 0. The first-order valence-electron chi connectivity index (χ1n) is 5.63. The molecule has 0 aromatic carbocycles. The van der Waals surface area contributed by atoms with Gasteiger partial charge in [0, 0.05) is 6.61 Å². The van der Waals surface area contributed by atoms with Crippen molar-refractivity contribution in [2.24, 2.45) is 0 Å². The Kier molecular flexibility index (Phi) is 6.12. The van der Waals surface area contributed by atoms with Crippen molar-refractivity contribution in [1.29, 1.82) is 0 Å². The summed E-state index contributed by atoms with van der Waals surface area (Å²) in [5.74, 6) is 0.994. The number of unbranched alkanes of at least 4 members (excludes halogenated alkanes) is 1. The first kappa shape index (κ1) is 12.3. The van der Waals surface area contributed by atoms with Crippen molar-refractivity contribution in [2.45, 2.75) is 39.3 Å². The van der Waals surface area contributed by atoms with Gasteiger partial charge in [-0.1, -0.05) is 0 Å². The van der Waals surface area contributed by atoms with Crippen LogP contribution in [0.25, 0.3) is 0 Å². The molecule has 1 N–H and O–H groups in total. The van der Waals surface area contributed by atoms with Gasteiger partial charge < -0.3 is 14.5 Å². The highest BCUT2D eigenvalue weighted by atomic mass is 16.5. The van der Waals surface area contributed by atoms with Crippen molar-refractivity contribution >= 4 is 0 Å². The van der Waals surface area contributed by atoms with Gasteiger partial charge in [0.15, 0.2) is 0 Å². The fourth-order valence-corrected chi connectivity index (χ4v) is 1.30. The van der Waals surface area contributed by atoms with E-state index in [1.54, 1.807) is 6.26 Å². The summed E-state index contributed by atoms with van der Waals surface area (Å²) >= 11 is 0. The molecule has 0 bridgehead atoms. The molecule has 1 heterocycles. The van der Waals surface area contributed by atoms with Gasteiger partial charge in [-0.25, -0.2) is 0 Å². The summed E-state index contributed by atoms with van der Waals surface area (Å²) in [6.07, 6.45) is 4.31. The normalized spacial score (nSPS) is 11.1. The van der Waals surface area contributed by atoms with E-state index in [4.69, 9.17) is 9.15 Å². The maximum absolute atomic E-state index is 5.45. The third-order valence-electron chi connectivity index (χ3n) is 2.08. The van der Waals surface area contributed by atoms with Crippen LogP contribution in [-0.4, -0.2) is 19.3 Å². The van der Waals surface area contributed by atoms with E-state index < -0.39 is 0 Å². The zero-order valence-electron chi connectivity index (χ0n) is 9.66. The van der Waals surface area contributed by atoms with Crippen LogP contribution in [0.5, 0.6) is 0 Å². The summed E-state index contributed by atoms with van der Waals surface area (Å²) in [5, 5.41) is 3.33. The Morgan fingerprint density at radius 1 is 1.40 bits per heavy atom. The van der Waals surface area contributed by atoms with Crippen molar-refractivity contribution < 1.29 is 9.15 Å². The SMILES string of the molecule is CC(C)OCCCCNCc1ccco1. The van der Waals surface area contributed by atoms with Gasteiger partial charge in [0.2, 0.25) is 0 Å². The van der Waals surface area contributed by atoms with E-state index in [9.17, 15) is 0 Å². The zero-order chi connectivity index (χ0) is 10.9. The van der Waals surface area contributed by atoms with Gasteiger partial charge in [-0.3, -0.25) is 0 Å². The molecule has 0 amide bonds. The number of nitrogens with one attached hydrogen (secondary N) is 1. The molecular formula is C12H21NO2. The first-order chi connectivity index (χ1) is 7.29. The van der Waals surface area contributed by atoms with Gasteiger partial charge in [-0.2, -0.15) is 0 Å². The molecule has 0 aliphatic carbocycles. The molecule has 3 nitrogen and oxygen atoms in total. The molecule has 1 rings (SSSR count). The van der Waals surface area contributed by atoms with Gasteiger partial charge in [-0.15, -0.1) is 0 Å². The molecule has 0 aliphatic rings. The van der Waals surface area contributed by atoms with Crippen LogP contribution >= 0.6 is 0 Å². The molecular weight excluding hydrogens is 190 g/mol. The summed E-state index contributed by atoms with van der Waals surface area (Å²) in [6, 6.07) is 3.89. The molecule has 1 aromatic rings. The van der Waals surface area contributed by atoms with Gasteiger partial charge >= 0.3 is 0 Å². The second-order valence-electron chi connectivity index (χ2n) is 3.88. The minimum atomic E-state index is 0.348. The van der Waals surface area contributed by atoms with Gasteiger partial charge in [0.25, 0.3) is 0 Å². The van der Waals surface area contributed by atoms with Gasteiger partial charge in [-0.05, 0) is 45.4 Å². The molecule has 3 heteroatoms. The summed E-state index contributed by atoms with van der Waals surface area (Å²) in [7, 11) is 0. The Morgan fingerprint density at radius 3 is 2.93 bits per heavy atom. The summed E-state index contributed by atoms with van der Waals surface area (Å²) in [4.78, 5) is 0. The maximum atomic E-state index is 5.45. The Balaban J connectivity index is 1.85. The van der Waals surface area contributed by atoms with Crippen molar-refractivity contribution in [2.75, 3.05) is 13.2 Å². The Morgan fingerprint density at radius 2 is 2.27 bits per heavy atom. The fourth-order valence-electron chi connectivity index (χ4n) is 1.30. The molecule has 1 aromatic heterocycles. The zero-order valence-corrected chi connectivity index (χ0v) is 9.66. The predicted molar refractivity (Wildman–Crippen MR) is 60.7 cm³/mol. The van der Waals surface area contributed by atoms with Gasteiger partial charge in [0.05, 0.1) is 18.9 Å². The highest BCUT2D eigenvalue weighted by Gasteiger charge is 1.95. The monoisotopic (exact) mass is 211 g/mol. The largest absolute Gasteiger partial charge is 0.468 e. The average Bonchev–Trinajstić information content (AvgIpc) is 2.68. The lowest BCUT2D eigenvalue weighted by Gasteiger charge is -2.07. The van der Waals surface area contributed by atoms with Crippen LogP contribution in [-0.2, 0) is 11.3 Å². The smallest absolute Gasteiger partial charge is 0.117 e. The summed E-state index contributed by atoms with van der Waals surface area (Å²) < 4.78 is 10.7. The molecule has 86 valence electrons. The molecule has 0 aliphatic heterocycles. The standard InChI is InChI=1S/C12H21NO2/c1-11(2)14-8-4-3-7-13-10-12-6-5-9-15-12/h5-6,9,11,13H,3-4,7-8,10H2,1-2H3. The Bertz CT molecular complexity index is 232. The number of hydrogen-bond donors (Lipinski definition) is 1. The van der Waals surface area contributed by atoms with Crippen LogP contribution in [0, 0.1) is 0 Å². The lowest BCUT2D eigenvalue weighted by Crippen LogP contribution is -2.15. The third kappa shape index (κ3) is 6.31. The molecule has 0 saturated heterocycles. The first-order valence-corrected chi connectivity index (χ1v) is 5.63.